The predicted octanol–water partition coefficient (Wildman–Crippen LogP) is 3.16. The Labute approximate surface area is 145 Å². The summed E-state index contributed by atoms with van der Waals surface area (Å²) in [5, 5.41) is 7.04. The van der Waals surface area contributed by atoms with Crippen LogP contribution in [-0.4, -0.2) is 15.7 Å². The highest BCUT2D eigenvalue weighted by molar-refractivity contribution is 6.03. The Balaban J connectivity index is 1.83. The van der Waals surface area contributed by atoms with Crippen molar-refractivity contribution < 1.29 is 4.79 Å². The minimum absolute atomic E-state index is 0.204. The molecule has 5 nitrogen and oxygen atoms in total. The molecular formula is C20H19N3O2. The molecule has 0 atom stereocenters. The van der Waals surface area contributed by atoms with Gasteiger partial charge in [-0.2, -0.15) is 5.10 Å². The average Bonchev–Trinajstić information content (AvgIpc) is 2.60. The van der Waals surface area contributed by atoms with Gasteiger partial charge in [0.15, 0.2) is 0 Å². The Bertz CT molecular complexity index is 959. The number of carbonyl (C=O) groups excluding carboxylic acids is 1. The van der Waals surface area contributed by atoms with Crippen molar-refractivity contribution in [3.63, 3.8) is 0 Å². The summed E-state index contributed by atoms with van der Waals surface area (Å²) in [5.41, 5.74) is 3.75. The van der Waals surface area contributed by atoms with E-state index in [1.165, 1.54) is 16.8 Å². The van der Waals surface area contributed by atoms with Gasteiger partial charge in [-0.25, -0.2) is 4.68 Å². The predicted molar refractivity (Wildman–Crippen MR) is 97.9 cm³/mol. The highest BCUT2D eigenvalue weighted by Gasteiger charge is 2.11. The van der Waals surface area contributed by atoms with Crippen LogP contribution in [0.15, 0.2) is 65.5 Å². The summed E-state index contributed by atoms with van der Waals surface area (Å²) in [6.45, 7) is 4.25. The minimum Gasteiger partial charge on any atom is -0.320 e. The number of aryl methyl sites for hydroxylation is 2. The maximum atomic E-state index is 12.4. The van der Waals surface area contributed by atoms with E-state index in [0.29, 0.717) is 6.54 Å². The molecule has 0 radical (unpaired) electrons. The Kier molecular flexibility index (Phi) is 4.75. The number of anilines is 1. The topological polar surface area (TPSA) is 64.0 Å². The largest absolute Gasteiger partial charge is 0.320 e. The third-order valence-corrected chi connectivity index (χ3v) is 3.95. The molecule has 0 aliphatic carbocycles. The van der Waals surface area contributed by atoms with Crippen molar-refractivity contribution in [3.8, 4) is 0 Å². The lowest BCUT2D eigenvalue weighted by Crippen LogP contribution is -2.26. The lowest BCUT2D eigenvalue weighted by atomic mass is 10.1. The Morgan fingerprint density at radius 1 is 1.00 bits per heavy atom. The first-order valence-corrected chi connectivity index (χ1v) is 8.03. The van der Waals surface area contributed by atoms with E-state index in [0.717, 1.165) is 22.4 Å². The number of hydrogen-bond donors (Lipinski definition) is 1. The summed E-state index contributed by atoms with van der Waals surface area (Å²) < 4.78 is 1.30. The molecule has 1 heterocycles. The molecule has 0 spiro atoms. The Morgan fingerprint density at radius 2 is 1.72 bits per heavy atom. The van der Waals surface area contributed by atoms with E-state index < -0.39 is 0 Å². The molecule has 0 fully saturated rings. The van der Waals surface area contributed by atoms with E-state index in [2.05, 4.69) is 10.4 Å². The lowest BCUT2D eigenvalue weighted by molar-refractivity contribution is 0.102. The number of nitrogens with one attached hydrogen (secondary N) is 1. The average molecular weight is 333 g/mol. The number of aromatic nitrogens is 2. The van der Waals surface area contributed by atoms with Crippen molar-refractivity contribution >= 4 is 11.6 Å². The molecule has 1 N–H and O–H groups in total. The van der Waals surface area contributed by atoms with E-state index in [1.54, 1.807) is 0 Å². The SMILES string of the molecule is Cc1ccc(Cn2nc(C(=O)Nc3ccccc3C)ccc2=O)cc1. The van der Waals surface area contributed by atoms with Crippen LogP contribution in [0.5, 0.6) is 0 Å². The maximum Gasteiger partial charge on any atom is 0.276 e. The highest BCUT2D eigenvalue weighted by Crippen LogP contribution is 2.14. The third-order valence-electron chi connectivity index (χ3n) is 3.95. The molecule has 1 amide bonds. The smallest absolute Gasteiger partial charge is 0.276 e. The molecule has 0 aliphatic rings. The monoisotopic (exact) mass is 333 g/mol. The van der Waals surface area contributed by atoms with E-state index in [4.69, 9.17) is 0 Å². The van der Waals surface area contributed by atoms with Crippen molar-refractivity contribution in [2.75, 3.05) is 5.32 Å². The molecular weight excluding hydrogens is 314 g/mol. The molecule has 0 unspecified atom stereocenters. The van der Waals surface area contributed by atoms with E-state index in [1.807, 2.05) is 62.4 Å². The molecule has 0 saturated heterocycles. The number of hydrogen-bond acceptors (Lipinski definition) is 3. The normalized spacial score (nSPS) is 10.5. The molecule has 25 heavy (non-hydrogen) atoms. The first-order chi connectivity index (χ1) is 12.0. The second kappa shape index (κ2) is 7.13. The van der Waals surface area contributed by atoms with Crippen LogP contribution in [-0.2, 0) is 6.54 Å². The van der Waals surface area contributed by atoms with Gasteiger partial charge < -0.3 is 5.32 Å². The molecule has 0 aliphatic heterocycles. The van der Waals surface area contributed by atoms with Gasteiger partial charge in [0.2, 0.25) is 0 Å². The van der Waals surface area contributed by atoms with Crippen LogP contribution in [0.1, 0.15) is 27.2 Å². The van der Waals surface area contributed by atoms with E-state index in [-0.39, 0.29) is 17.2 Å². The lowest BCUT2D eigenvalue weighted by Gasteiger charge is -2.09. The summed E-state index contributed by atoms with van der Waals surface area (Å²) in [5.74, 6) is -0.341. The number of rotatable bonds is 4. The Hall–Kier alpha value is -3.21. The molecule has 3 rings (SSSR count). The van der Waals surface area contributed by atoms with Gasteiger partial charge in [-0.1, -0.05) is 48.0 Å². The molecule has 2 aromatic carbocycles. The number of para-hydroxylation sites is 1. The second-order valence-corrected chi connectivity index (χ2v) is 5.97. The fourth-order valence-corrected chi connectivity index (χ4v) is 2.45. The second-order valence-electron chi connectivity index (χ2n) is 5.97. The molecule has 0 bridgehead atoms. The molecule has 1 aromatic heterocycles. The summed E-state index contributed by atoms with van der Waals surface area (Å²) in [6, 6.07) is 18.2. The van der Waals surface area contributed by atoms with Crippen molar-refractivity contribution in [1.29, 1.82) is 0 Å². The fraction of sp³-hybridized carbons (Fsp3) is 0.150. The molecule has 0 saturated carbocycles. The van der Waals surface area contributed by atoms with Crippen molar-refractivity contribution in [3.05, 3.63) is 93.4 Å². The summed E-state index contributed by atoms with van der Waals surface area (Å²) in [6.07, 6.45) is 0. The first-order valence-electron chi connectivity index (χ1n) is 8.03. The van der Waals surface area contributed by atoms with Crippen LogP contribution in [0.4, 0.5) is 5.69 Å². The van der Waals surface area contributed by atoms with Gasteiger partial charge in [-0.15, -0.1) is 0 Å². The quantitative estimate of drug-likeness (QED) is 0.798. The maximum absolute atomic E-state index is 12.4. The van der Waals surface area contributed by atoms with Crippen molar-refractivity contribution in [2.24, 2.45) is 0 Å². The minimum atomic E-state index is -0.341. The standard InChI is InChI=1S/C20H19N3O2/c1-14-7-9-16(10-8-14)13-23-19(24)12-11-18(22-23)20(25)21-17-6-4-3-5-15(17)2/h3-12H,13H2,1-2H3,(H,21,25). The van der Waals surface area contributed by atoms with Crippen LogP contribution in [0, 0.1) is 13.8 Å². The van der Waals surface area contributed by atoms with Crippen LogP contribution < -0.4 is 10.9 Å². The zero-order chi connectivity index (χ0) is 17.8. The summed E-state index contributed by atoms with van der Waals surface area (Å²) >= 11 is 0. The molecule has 126 valence electrons. The van der Waals surface area contributed by atoms with Crippen LogP contribution >= 0.6 is 0 Å². The molecule has 3 aromatic rings. The zero-order valence-corrected chi connectivity index (χ0v) is 14.2. The van der Waals surface area contributed by atoms with Gasteiger partial charge in [0, 0.05) is 11.8 Å². The zero-order valence-electron chi connectivity index (χ0n) is 14.2. The number of carbonyl (C=O) groups is 1. The van der Waals surface area contributed by atoms with Crippen LogP contribution in [0.2, 0.25) is 0 Å². The van der Waals surface area contributed by atoms with Gasteiger partial charge >= 0.3 is 0 Å². The van der Waals surface area contributed by atoms with Gasteiger partial charge in [-0.05, 0) is 37.1 Å². The van der Waals surface area contributed by atoms with E-state index >= 15 is 0 Å². The first kappa shape index (κ1) is 16.6. The summed E-state index contributed by atoms with van der Waals surface area (Å²) in [7, 11) is 0. The Morgan fingerprint density at radius 3 is 2.44 bits per heavy atom. The van der Waals surface area contributed by atoms with Gasteiger partial charge in [0.05, 0.1) is 6.54 Å². The number of nitrogens with zero attached hydrogens (tertiary/aromatic N) is 2. The summed E-state index contributed by atoms with van der Waals surface area (Å²) in [4.78, 5) is 24.5. The number of amides is 1. The van der Waals surface area contributed by atoms with Gasteiger partial charge in [0.1, 0.15) is 5.69 Å². The molecule has 5 heteroatoms. The van der Waals surface area contributed by atoms with Crippen LogP contribution in [0.25, 0.3) is 0 Å². The van der Waals surface area contributed by atoms with Gasteiger partial charge in [0.25, 0.3) is 11.5 Å². The fourth-order valence-electron chi connectivity index (χ4n) is 2.45. The van der Waals surface area contributed by atoms with E-state index in [9.17, 15) is 9.59 Å². The third kappa shape index (κ3) is 4.01. The van der Waals surface area contributed by atoms with Crippen molar-refractivity contribution in [1.82, 2.24) is 9.78 Å². The van der Waals surface area contributed by atoms with Crippen LogP contribution in [0.3, 0.4) is 0 Å². The highest BCUT2D eigenvalue weighted by atomic mass is 16.2. The number of benzene rings is 2. The van der Waals surface area contributed by atoms with Gasteiger partial charge in [-0.3, -0.25) is 9.59 Å². The van der Waals surface area contributed by atoms with Crippen molar-refractivity contribution in [2.45, 2.75) is 20.4 Å².